The van der Waals surface area contributed by atoms with Gasteiger partial charge in [0.1, 0.15) is 52.0 Å². The number of aromatic nitrogens is 2. The molecule has 32 nitrogen and oxygen atoms in total. The maximum absolute atomic E-state index is 15.0. The number of benzene rings is 3. The molecule has 7 rings (SSSR count). The molecule has 18 N–H and O–H groups in total. The Hall–Kier alpha value is -7.26. The lowest BCUT2D eigenvalue weighted by molar-refractivity contribution is -0.147. The predicted molar refractivity (Wildman–Crippen MR) is 341 cm³/mol. The number of hydrogen-bond donors (Lipinski definition) is 18. The van der Waals surface area contributed by atoms with Gasteiger partial charge >= 0.3 is 0 Å². The van der Waals surface area contributed by atoms with Crippen LogP contribution in [0.15, 0.2) is 66.7 Å². The number of hydrogen-bond acceptors (Lipinski definition) is 26. The van der Waals surface area contributed by atoms with Gasteiger partial charge < -0.3 is 101 Å². The second kappa shape index (κ2) is 35.1. The summed E-state index contributed by atoms with van der Waals surface area (Å²) >= 11 is -3.46. The van der Waals surface area contributed by atoms with E-state index in [0.717, 1.165) is 79.2 Å². The summed E-state index contributed by atoms with van der Waals surface area (Å²) in [7, 11) is 1.69. The Morgan fingerprint density at radius 2 is 1.34 bits per heavy atom. The van der Waals surface area contributed by atoms with Gasteiger partial charge in [0.15, 0.2) is 11.5 Å². The van der Waals surface area contributed by atoms with Crippen molar-refractivity contribution in [3.8, 4) is 38.4 Å². The number of aliphatic hydroxyl groups excluding tert-OH is 8. The SMILES string of the molecule is COCCCCCCCOc1ccc(-c2nnc(-c3ccc(C(=O)NC4C[C@@H](O)CNC(=O)[C@@H]5[C@@H](O)[C@@H](C)CN5C(=O)[C@H]([C@H](O)CCNC(CO)CO)NC(=O)[C@H]([C@H](O)Cc5ccc(O)c(OS(O)(O)O)c5)NC(=O)[C@@H]5C[C@@H](O)CN5C(=O)[C@H]([C@@H](C)O)NC4=O)cc3)s2)cc1. The van der Waals surface area contributed by atoms with E-state index in [9.17, 15) is 93.2 Å². The van der Waals surface area contributed by atoms with Crippen molar-refractivity contribution in [3.05, 3.63) is 77.9 Å². The number of fused-ring (bicyclic) bond motifs is 2. The lowest BCUT2D eigenvalue weighted by atomic mass is 9.98. The summed E-state index contributed by atoms with van der Waals surface area (Å²) in [5.41, 5.74) is 1.29. The Bertz CT molecular complexity index is 3220. The Kier molecular flexibility index (Phi) is 27.8. The first kappa shape index (κ1) is 75.1. The third-order valence-electron chi connectivity index (χ3n) is 16.4. The molecule has 1 unspecified atom stereocenters. The number of phenols is 1. The second-order valence-electron chi connectivity index (χ2n) is 23.8. The fourth-order valence-electron chi connectivity index (χ4n) is 11.2. The van der Waals surface area contributed by atoms with E-state index in [1.807, 2.05) is 24.3 Å². The van der Waals surface area contributed by atoms with E-state index in [1.165, 1.54) is 30.4 Å². The van der Waals surface area contributed by atoms with Crippen LogP contribution in [0.5, 0.6) is 17.2 Å². The summed E-state index contributed by atoms with van der Waals surface area (Å²) in [6.07, 6.45) is -7.90. The maximum Gasteiger partial charge on any atom is 0.266 e. The first-order valence-corrected chi connectivity index (χ1v) is 33.3. The van der Waals surface area contributed by atoms with Crippen LogP contribution < -0.4 is 40.8 Å². The predicted octanol–water partition coefficient (Wildman–Crippen LogP) is -1.65. The van der Waals surface area contributed by atoms with Gasteiger partial charge in [0.2, 0.25) is 35.4 Å². The summed E-state index contributed by atoms with van der Waals surface area (Å²) in [4.78, 5) is 104. The molecular formula is C61H86N10O22S2. The Morgan fingerprint density at radius 1 is 0.726 bits per heavy atom. The van der Waals surface area contributed by atoms with Crippen LogP contribution in [0, 0.1) is 5.92 Å². The van der Waals surface area contributed by atoms with Crippen molar-refractivity contribution in [2.75, 3.05) is 59.7 Å². The van der Waals surface area contributed by atoms with Crippen molar-refractivity contribution in [2.24, 2.45) is 5.92 Å². The minimum atomic E-state index is -4.74. The minimum absolute atomic E-state index is 0.00486. The molecular weight excluding hydrogens is 1290 g/mol. The number of ether oxygens (including phenoxy) is 2. The lowest BCUT2D eigenvalue weighted by Gasteiger charge is -2.34. The summed E-state index contributed by atoms with van der Waals surface area (Å²) in [6, 6.07) is 3.93. The summed E-state index contributed by atoms with van der Waals surface area (Å²) in [6.45, 7) is 0.836. The molecule has 4 aromatic rings. The monoisotopic (exact) mass is 1370 g/mol. The number of carbonyl (C=O) groups is 7. The highest BCUT2D eigenvalue weighted by Gasteiger charge is 2.50. The number of rotatable bonds is 26. The summed E-state index contributed by atoms with van der Waals surface area (Å²) < 4.78 is 44.4. The molecule has 3 fully saturated rings. The van der Waals surface area contributed by atoms with Crippen molar-refractivity contribution in [1.29, 1.82) is 0 Å². The van der Waals surface area contributed by atoms with Gasteiger partial charge in [0, 0.05) is 75.2 Å². The van der Waals surface area contributed by atoms with Crippen molar-refractivity contribution < 1.29 is 107 Å². The fourth-order valence-corrected chi connectivity index (χ4v) is 12.4. The molecule has 3 aromatic carbocycles. The molecule has 524 valence electrons. The van der Waals surface area contributed by atoms with E-state index < -0.39 is 201 Å². The quantitative estimate of drug-likeness (QED) is 0.0313. The largest absolute Gasteiger partial charge is 0.504 e. The number of unbranched alkanes of at least 4 members (excludes halogenated alkanes) is 4. The number of methoxy groups -OCH3 is 1. The molecule has 0 aliphatic carbocycles. The fraction of sp³-hybridized carbons (Fsp3) is 0.557. The number of nitrogens with one attached hydrogen (secondary N) is 6. The molecule has 0 radical (unpaired) electrons. The molecule has 0 spiro atoms. The van der Waals surface area contributed by atoms with Crippen molar-refractivity contribution in [2.45, 2.75) is 151 Å². The van der Waals surface area contributed by atoms with E-state index >= 15 is 0 Å². The van der Waals surface area contributed by atoms with Gasteiger partial charge in [-0.2, -0.15) is 0 Å². The third-order valence-corrected chi connectivity index (χ3v) is 17.8. The zero-order chi connectivity index (χ0) is 69.3. The molecule has 0 bridgehead atoms. The number of aliphatic hydroxyl groups is 8. The van der Waals surface area contributed by atoms with Gasteiger partial charge in [-0.05, 0) is 86.8 Å². The van der Waals surface area contributed by atoms with Crippen molar-refractivity contribution in [1.82, 2.24) is 51.9 Å². The van der Waals surface area contributed by atoms with Gasteiger partial charge in [-0.25, -0.2) is 0 Å². The average molecular weight is 1380 g/mol. The number of aromatic hydroxyl groups is 1. The van der Waals surface area contributed by atoms with Crippen LogP contribution in [-0.2, 0) is 39.9 Å². The van der Waals surface area contributed by atoms with Crippen LogP contribution in [-0.4, -0.2) is 260 Å². The normalized spacial score (nSPS) is 24.7. The van der Waals surface area contributed by atoms with Crippen LogP contribution >= 0.6 is 22.5 Å². The highest BCUT2D eigenvalue weighted by molar-refractivity contribution is 8.15. The van der Waals surface area contributed by atoms with Crippen molar-refractivity contribution in [3.63, 3.8) is 0 Å². The average Bonchev–Trinajstić information content (AvgIpc) is 1.71. The maximum atomic E-state index is 15.0. The Morgan fingerprint density at radius 3 is 1.97 bits per heavy atom. The number of amides is 7. The topological polar surface area (TPSA) is 494 Å². The molecule has 3 aliphatic heterocycles. The number of phenolic OH excluding ortho intramolecular Hbond substituents is 1. The lowest BCUT2D eigenvalue weighted by Crippen LogP contribution is -2.64. The first-order chi connectivity index (χ1) is 45.2. The smallest absolute Gasteiger partial charge is 0.266 e. The molecule has 34 heteroatoms. The van der Waals surface area contributed by atoms with E-state index in [-0.39, 0.29) is 24.2 Å². The van der Waals surface area contributed by atoms with Gasteiger partial charge in [-0.3, -0.25) is 47.2 Å². The van der Waals surface area contributed by atoms with Crippen LogP contribution in [0.25, 0.3) is 21.1 Å². The summed E-state index contributed by atoms with van der Waals surface area (Å²) in [5, 5.41) is 123. The highest BCUT2D eigenvalue weighted by atomic mass is 32.3. The molecule has 95 heavy (non-hydrogen) atoms. The minimum Gasteiger partial charge on any atom is -0.504 e. The van der Waals surface area contributed by atoms with E-state index in [2.05, 4.69) is 46.3 Å². The standard InChI is InChI=1S/C61H86N10O22S2/c1-32-28-71-51(52(32)80)57(85)63-27-39(75)25-42(64-53(81)35-10-12-36(13-11-35)58-68-69-59(94-58)37-14-16-41(17-15-37)92-22-8-6-4-5-7-21-91-3)54(82)65-48(33(2)74)60(86)70-29-40(76)26-43(70)55(83)66-49(46(79)23-34-9-18-44(77)47(24-34)93-95(88,89)90)56(84)67-50(61(71)87)45(78)19-20-62-38(30-72)31-73/h9-18,24,32-33,38-40,42-43,45-46,48-52,62,72-80,88-90H,4-8,19-23,25-31H2,1-3H3,(H,63,85)(H,64,81)(H,65,82)(H,66,83)(H,67,84)/t32-,33+,39+,40+,42?,43-,45+,46+,48-,49-,50-,51-,52-/m0/s1. The van der Waals surface area contributed by atoms with E-state index in [0.29, 0.717) is 27.9 Å². The molecule has 4 heterocycles. The van der Waals surface area contributed by atoms with Gasteiger partial charge in [0.25, 0.3) is 17.1 Å². The van der Waals surface area contributed by atoms with E-state index in [1.54, 1.807) is 19.2 Å². The van der Waals surface area contributed by atoms with Crippen molar-refractivity contribution >= 4 is 63.8 Å². The molecule has 0 saturated carbocycles. The molecule has 7 amide bonds. The zero-order valence-corrected chi connectivity index (χ0v) is 54.1. The number of β-amino-alcohol motifs (C(OH)–C–C–N with tert-alkyl or cyclic N) is 1. The van der Waals surface area contributed by atoms with E-state index in [4.69, 9.17) is 9.47 Å². The summed E-state index contributed by atoms with van der Waals surface area (Å²) in [5.74, 6) is -9.81. The highest BCUT2D eigenvalue weighted by Crippen LogP contribution is 2.41. The number of carbonyl (C=O) groups excluding carboxylic acids is 7. The molecule has 3 saturated heterocycles. The van der Waals surface area contributed by atoms with Crippen LogP contribution in [0.4, 0.5) is 0 Å². The molecule has 1 aromatic heterocycles. The second-order valence-corrected chi connectivity index (χ2v) is 25.9. The Labute approximate surface area is 552 Å². The molecule has 3 aliphatic rings. The van der Waals surface area contributed by atoms with Gasteiger partial charge in [-0.15, -0.1) is 10.2 Å². The van der Waals surface area contributed by atoms with Crippen LogP contribution in [0.1, 0.15) is 81.1 Å². The molecule has 13 atom stereocenters. The van der Waals surface area contributed by atoms with Crippen LogP contribution in [0.2, 0.25) is 0 Å². The van der Waals surface area contributed by atoms with Gasteiger partial charge in [-0.1, -0.05) is 55.7 Å². The van der Waals surface area contributed by atoms with Crippen LogP contribution in [0.3, 0.4) is 0 Å². The number of nitrogens with zero attached hydrogens (tertiary/aromatic N) is 4. The first-order valence-electron chi connectivity index (χ1n) is 31.0. The zero-order valence-electron chi connectivity index (χ0n) is 52.5. The third kappa shape index (κ3) is 20.9. The van der Waals surface area contributed by atoms with Gasteiger partial charge in [0.05, 0.1) is 62.5 Å². The Balaban J connectivity index is 1.17.